The van der Waals surface area contributed by atoms with Gasteiger partial charge in [0.25, 0.3) is 5.92 Å². The third kappa shape index (κ3) is 2.98. The molecular weight excluding hydrogens is 328 g/mol. The van der Waals surface area contributed by atoms with Crippen LogP contribution in [0.25, 0.3) is 21.1 Å². The van der Waals surface area contributed by atoms with Gasteiger partial charge in [0.2, 0.25) is 0 Å². The Hall–Kier alpha value is -1.92. The van der Waals surface area contributed by atoms with E-state index in [0.29, 0.717) is 20.7 Å². The van der Waals surface area contributed by atoms with Crippen LogP contribution in [0.4, 0.5) is 8.78 Å². The minimum absolute atomic E-state index is 0.0312. The number of alkyl halides is 2. The number of rotatable bonds is 3. The lowest BCUT2D eigenvalue weighted by molar-refractivity contribution is 0.0175. The van der Waals surface area contributed by atoms with E-state index in [1.807, 2.05) is 0 Å². The van der Waals surface area contributed by atoms with Crippen LogP contribution in [0.15, 0.2) is 42.6 Å². The number of hydrogen-bond donors (Lipinski definition) is 0. The van der Waals surface area contributed by atoms with E-state index >= 15 is 0 Å². The van der Waals surface area contributed by atoms with E-state index in [-0.39, 0.29) is 5.56 Å². The Balaban J connectivity index is 1.93. The third-order valence-electron chi connectivity index (χ3n) is 3.05. The molecule has 3 aromatic rings. The molecule has 1 aromatic carbocycles. The van der Waals surface area contributed by atoms with Crippen LogP contribution in [0.1, 0.15) is 12.5 Å². The second-order valence-electron chi connectivity index (χ2n) is 4.72. The second-order valence-corrected chi connectivity index (χ2v) is 6.06. The van der Waals surface area contributed by atoms with Crippen molar-refractivity contribution in [3.63, 3.8) is 0 Å². The second kappa shape index (κ2) is 5.70. The van der Waals surface area contributed by atoms with Gasteiger partial charge in [0.15, 0.2) is 5.01 Å². The molecule has 112 valence electrons. The number of aromatic nitrogens is 3. The Morgan fingerprint density at radius 1 is 1.05 bits per heavy atom. The lowest BCUT2D eigenvalue weighted by Crippen LogP contribution is -2.06. The largest absolute Gasteiger partial charge is 0.270 e. The van der Waals surface area contributed by atoms with Crippen molar-refractivity contribution >= 4 is 22.9 Å². The molecule has 22 heavy (non-hydrogen) atoms. The molecule has 7 heteroatoms. The minimum atomic E-state index is -2.85. The van der Waals surface area contributed by atoms with E-state index in [2.05, 4.69) is 15.2 Å². The van der Waals surface area contributed by atoms with Gasteiger partial charge in [-0.25, -0.2) is 13.8 Å². The van der Waals surface area contributed by atoms with Gasteiger partial charge in [-0.2, -0.15) is 0 Å². The molecule has 0 aliphatic rings. The van der Waals surface area contributed by atoms with Crippen LogP contribution in [0.5, 0.6) is 0 Å². The van der Waals surface area contributed by atoms with Crippen molar-refractivity contribution < 1.29 is 8.78 Å². The van der Waals surface area contributed by atoms with E-state index in [1.54, 1.807) is 30.5 Å². The first-order chi connectivity index (χ1) is 10.4. The maximum atomic E-state index is 13.2. The summed E-state index contributed by atoms with van der Waals surface area (Å²) >= 11 is 7.36. The summed E-state index contributed by atoms with van der Waals surface area (Å²) in [7, 11) is 0. The van der Waals surface area contributed by atoms with Crippen LogP contribution in [-0.4, -0.2) is 15.2 Å². The fourth-order valence-corrected chi connectivity index (χ4v) is 3.04. The Kier molecular flexibility index (Phi) is 3.88. The van der Waals surface area contributed by atoms with Crippen molar-refractivity contribution in [2.24, 2.45) is 0 Å². The highest BCUT2D eigenvalue weighted by atomic mass is 35.5. The zero-order valence-corrected chi connectivity index (χ0v) is 13.0. The highest BCUT2D eigenvalue weighted by Gasteiger charge is 2.24. The van der Waals surface area contributed by atoms with Crippen LogP contribution in [0, 0.1) is 0 Å². The SMILES string of the molecule is CC(F)(F)c1ccc(-c2nnc(-c3cccnc3Cl)s2)cc1. The molecule has 0 aliphatic carbocycles. The van der Waals surface area contributed by atoms with Crippen molar-refractivity contribution in [3.05, 3.63) is 53.3 Å². The van der Waals surface area contributed by atoms with Crippen molar-refractivity contribution in [3.8, 4) is 21.1 Å². The average molecular weight is 338 g/mol. The predicted molar refractivity (Wildman–Crippen MR) is 83.2 cm³/mol. The van der Waals surface area contributed by atoms with E-state index in [0.717, 1.165) is 12.5 Å². The molecule has 3 nitrogen and oxygen atoms in total. The van der Waals surface area contributed by atoms with Gasteiger partial charge in [0, 0.05) is 29.8 Å². The molecule has 0 radical (unpaired) electrons. The normalized spacial score (nSPS) is 11.6. The molecular formula is C15H10ClF2N3S. The zero-order valence-electron chi connectivity index (χ0n) is 11.4. The van der Waals surface area contributed by atoms with Crippen LogP contribution < -0.4 is 0 Å². The Bertz CT molecular complexity index is 797. The van der Waals surface area contributed by atoms with Gasteiger partial charge in [-0.05, 0) is 12.1 Å². The highest BCUT2D eigenvalue weighted by molar-refractivity contribution is 7.18. The highest BCUT2D eigenvalue weighted by Crippen LogP contribution is 2.34. The molecule has 2 aromatic heterocycles. The molecule has 3 rings (SSSR count). The van der Waals surface area contributed by atoms with Gasteiger partial charge < -0.3 is 0 Å². The lowest BCUT2D eigenvalue weighted by Gasteiger charge is -2.10. The number of hydrogen-bond acceptors (Lipinski definition) is 4. The number of nitrogens with zero attached hydrogens (tertiary/aromatic N) is 3. The maximum absolute atomic E-state index is 13.2. The quantitative estimate of drug-likeness (QED) is 0.629. The number of benzene rings is 1. The van der Waals surface area contributed by atoms with E-state index in [9.17, 15) is 8.78 Å². The van der Waals surface area contributed by atoms with Crippen molar-refractivity contribution in [1.29, 1.82) is 0 Å². The Labute approximate surface area is 134 Å². The summed E-state index contributed by atoms with van der Waals surface area (Å²) in [4.78, 5) is 4.00. The zero-order chi connectivity index (χ0) is 15.7. The molecule has 0 saturated heterocycles. The summed E-state index contributed by atoms with van der Waals surface area (Å²) in [5, 5.41) is 9.81. The average Bonchev–Trinajstić information content (AvgIpc) is 2.96. The molecule has 0 saturated carbocycles. The van der Waals surface area contributed by atoms with Gasteiger partial charge in [-0.1, -0.05) is 47.2 Å². The van der Waals surface area contributed by atoms with Crippen molar-refractivity contribution in [1.82, 2.24) is 15.2 Å². The first-order valence-electron chi connectivity index (χ1n) is 6.38. The van der Waals surface area contributed by atoms with E-state index in [1.165, 1.54) is 23.5 Å². The molecule has 0 spiro atoms. The first kappa shape index (κ1) is 15.0. The van der Waals surface area contributed by atoms with Gasteiger partial charge in [0.1, 0.15) is 10.2 Å². The predicted octanol–water partition coefficient (Wildman–Crippen LogP) is 5.03. The molecule has 0 fully saturated rings. The van der Waals surface area contributed by atoms with Crippen molar-refractivity contribution in [2.45, 2.75) is 12.8 Å². The standard InChI is InChI=1S/C15H10ClF2N3S/c1-15(17,18)10-6-4-9(5-7-10)13-20-21-14(22-13)11-3-2-8-19-12(11)16/h2-8H,1H3. The fourth-order valence-electron chi connectivity index (χ4n) is 1.90. The lowest BCUT2D eigenvalue weighted by atomic mass is 10.1. The summed E-state index contributed by atoms with van der Waals surface area (Å²) in [6.07, 6.45) is 1.59. The van der Waals surface area contributed by atoms with Gasteiger partial charge in [-0.15, -0.1) is 10.2 Å². The van der Waals surface area contributed by atoms with Crippen LogP contribution in [0.3, 0.4) is 0 Å². The summed E-state index contributed by atoms with van der Waals surface area (Å²) in [6, 6.07) is 9.59. The van der Waals surface area contributed by atoms with Gasteiger partial charge in [0.05, 0.1) is 0 Å². The molecule has 0 unspecified atom stereocenters. The van der Waals surface area contributed by atoms with Gasteiger partial charge >= 0.3 is 0 Å². The smallest absolute Gasteiger partial charge is 0.244 e. The van der Waals surface area contributed by atoms with Crippen LogP contribution in [0.2, 0.25) is 5.15 Å². The summed E-state index contributed by atoms with van der Waals surface area (Å²) in [6.45, 7) is 0.870. The Morgan fingerprint density at radius 3 is 2.36 bits per heavy atom. The number of pyridine rings is 1. The first-order valence-corrected chi connectivity index (χ1v) is 7.58. The molecule has 0 atom stereocenters. The third-order valence-corrected chi connectivity index (χ3v) is 4.36. The van der Waals surface area contributed by atoms with E-state index in [4.69, 9.17) is 11.6 Å². The summed E-state index contributed by atoms with van der Waals surface area (Å²) in [5.41, 5.74) is 1.40. The van der Waals surface area contributed by atoms with E-state index < -0.39 is 5.92 Å². The molecule has 0 bridgehead atoms. The minimum Gasteiger partial charge on any atom is -0.244 e. The molecule has 0 aliphatic heterocycles. The molecule has 0 N–H and O–H groups in total. The summed E-state index contributed by atoms with van der Waals surface area (Å²) in [5.74, 6) is -2.85. The summed E-state index contributed by atoms with van der Waals surface area (Å²) < 4.78 is 26.4. The fraction of sp³-hybridized carbons (Fsp3) is 0.133. The molecule has 2 heterocycles. The van der Waals surface area contributed by atoms with Crippen LogP contribution >= 0.6 is 22.9 Å². The van der Waals surface area contributed by atoms with Crippen LogP contribution in [-0.2, 0) is 5.92 Å². The van der Waals surface area contributed by atoms with Crippen molar-refractivity contribution in [2.75, 3.05) is 0 Å². The maximum Gasteiger partial charge on any atom is 0.270 e. The van der Waals surface area contributed by atoms with Gasteiger partial charge in [-0.3, -0.25) is 0 Å². The molecule has 0 amide bonds. The monoisotopic (exact) mass is 337 g/mol. The Morgan fingerprint density at radius 2 is 1.73 bits per heavy atom. The topological polar surface area (TPSA) is 38.7 Å². The number of halogens is 3.